The van der Waals surface area contributed by atoms with Gasteiger partial charge in [0, 0.05) is 12.6 Å². The Morgan fingerprint density at radius 1 is 1.05 bits per heavy atom. The lowest BCUT2D eigenvalue weighted by molar-refractivity contribution is 0.242. The van der Waals surface area contributed by atoms with Crippen molar-refractivity contribution in [2.45, 2.75) is 96.1 Å². The topological polar surface area (TPSA) is 115 Å². The molecule has 3 heterocycles. The van der Waals surface area contributed by atoms with Crippen LogP contribution in [0.1, 0.15) is 89.4 Å². The van der Waals surface area contributed by atoms with Gasteiger partial charge in [0.2, 0.25) is 11.6 Å². The van der Waals surface area contributed by atoms with E-state index in [1.54, 1.807) is 0 Å². The molecule has 3 saturated carbocycles. The molecule has 9 nitrogen and oxygen atoms in total. The molecule has 0 unspecified atom stereocenters. The van der Waals surface area contributed by atoms with Gasteiger partial charge in [-0.15, -0.1) is 0 Å². The Kier molecular flexibility index (Phi) is 6.47. The molecule has 0 amide bonds. The molecule has 3 fully saturated rings. The van der Waals surface area contributed by atoms with Crippen molar-refractivity contribution in [2.24, 2.45) is 17.8 Å². The van der Waals surface area contributed by atoms with E-state index >= 15 is 0 Å². The zero-order valence-electron chi connectivity index (χ0n) is 23.5. The van der Waals surface area contributed by atoms with Gasteiger partial charge in [-0.2, -0.15) is 0 Å². The molecule has 7 rings (SSSR count). The van der Waals surface area contributed by atoms with E-state index < -0.39 is 5.76 Å². The van der Waals surface area contributed by atoms with E-state index in [2.05, 4.69) is 64.2 Å². The molecule has 1 aromatic carbocycles. The van der Waals surface area contributed by atoms with E-state index in [9.17, 15) is 4.79 Å². The second-order valence-electron chi connectivity index (χ2n) is 12.6. The molecule has 3 aliphatic carbocycles. The van der Waals surface area contributed by atoms with Crippen LogP contribution in [0.15, 0.2) is 39.6 Å². The van der Waals surface area contributed by atoms with Crippen molar-refractivity contribution in [1.29, 1.82) is 0 Å². The lowest BCUT2D eigenvalue weighted by Crippen LogP contribution is -2.39. The Morgan fingerprint density at radius 3 is 2.45 bits per heavy atom. The molecule has 3 aliphatic rings. The van der Waals surface area contributed by atoms with Gasteiger partial charge in [-0.05, 0) is 68.8 Å². The summed E-state index contributed by atoms with van der Waals surface area (Å²) in [6, 6.07) is 11.1. The van der Waals surface area contributed by atoms with Crippen LogP contribution in [0.4, 0.5) is 5.82 Å². The largest absolute Gasteiger partial charge is 0.439 e. The summed E-state index contributed by atoms with van der Waals surface area (Å²) in [6.45, 7) is 5.54. The highest BCUT2D eigenvalue weighted by atomic mass is 16.5. The maximum atomic E-state index is 11.8. The van der Waals surface area contributed by atoms with Gasteiger partial charge < -0.3 is 9.88 Å². The monoisotopic (exact) mass is 541 g/mol. The summed E-state index contributed by atoms with van der Waals surface area (Å²) in [4.78, 5) is 29.6. The minimum atomic E-state index is -0.619. The molecule has 1 atom stereocenters. The lowest BCUT2D eigenvalue weighted by atomic mass is 9.63. The van der Waals surface area contributed by atoms with E-state index in [-0.39, 0.29) is 17.3 Å². The number of aromatic nitrogens is 6. The van der Waals surface area contributed by atoms with Crippen LogP contribution in [0, 0.1) is 17.8 Å². The Balaban J connectivity index is 1.41. The first-order valence-corrected chi connectivity index (χ1v) is 15.2. The van der Waals surface area contributed by atoms with E-state index in [4.69, 9.17) is 19.5 Å². The summed E-state index contributed by atoms with van der Waals surface area (Å²) in [5.41, 5.74) is 2.81. The van der Waals surface area contributed by atoms with E-state index in [0.29, 0.717) is 23.3 Å². The van der Waals surface area contributed by atoms with Crippen molar-refractivity contribution in [3.05, 3.63) is 52.3 Å². The van der Waals surface area contributed by atoms with Crippen LogP contribution in [0.2, 0.25) is 0 Å². The van der Waals surface area contributed by atoms with Crippen LogP contribution < -0.4 is 11.1 Å². The molecule has 2 N–H and O–H groups in total. The van der Waals surface area contributed by atoms with Crippen molar-refractivity contribution in [2.75, 3.05) is 5.32 Å². The van der Waals surface area contributed by atoms with Gasteiger partial charge in [0.25, 0.3) is 0 Å². The summed E-state index contributed by atoms with van der Waals surface area (Å²) in [7, 11) is 0. The third kappa shape index (κ3) is 4.43. The Bertz CT molecular complexity index is 1540. The average molecular weight is 542 g/mol. The summed E-state index contributed by atoms with van der Waals surface area (Å²) in [5, 5.41) is 7.67. The SMILES string of the molecule is C[C@@H](Nc1nc(-c2noc(=O)[nH]2)nc2nc(C3(c4ccccc4)CCC3)n(C[C@H]3CC[C@H](C)CC3)c12)C1CCC1. The zero-order chi connectivity index (χ0) is 27.3. The first kappa shape index (κ1) is 25.5. The maximum Gasteiger partial charge on any atom is 0.439 e. The fourth-order valence-electron chi connectivity index (χ4n) is 7.08. The molecular weight excluding hydrogens is 502 g/mol. The third-order valence-electron chi connectivity index (χ3n) is 10.0. The molecule has 40 heavy (non-hydrogen) atoms. The van der Waals surface area contributed by atoms with Crippen molar-refractivity contribution < 1.29 is 4.52 Å². The van der Waals surface area contributed by atoms with Gasteiger partial charge >= 0.3 is 5.76 Å². The normalized spacial score (nSPS) is 23.4. The number of aromatic amines is 1. The van der Waals surface area contributed by atoms with Gasteiger partial charge in [0.1, 0.15) is 11.3 Å². The Morgan fingerprint density at radius 2 is 1.82 bits per heavy atom. The highest BCUT2D eigenvalue weighted by Gasteiger charge is 2.45. The number of benzene rings is 1. The minimum absolute atomic E-state index is 0.136. The van der Waals surface area contributed by atoms with Crippen LogP contribution >= 0.6 is 0 Å². The summed E-state index contributed by atoms with van der Waals surface area (Å²) >= 11 is 0. The van der Waals surface area contributed by atoms with Crippen LogP contribution in [0.25, 0.3) is 22.8 Å². The Hall–Kier alpha value is -3.49. The number of anilines is 1. The number of nitrogens with zero attached hydrogens (tertiary/aromatic N) is 5. The zero-order valence-corrected chi connectivity index (χ0v) is 23.5. The molecule has 9 heteroatoms. The number of fused-ring (bicyclic) bond motifs is 1. The van der Waals surface area contributed by atoms with Crippen molar-refractivity contribution >= 4 is 17.0 Å². The first-order valence-electron chi connectivity index (χ1n) is 15.2. The second-order valence-corrected chi connectivity index (χ2v) is 12.6. The standard InChI is InChI=1S/C31H39N7O2/c1-19-12-14-21(15-13-19)18-38-24-25(32-20(2)22-8-6-9-22)33-27(28-36-30(39)40-37-28)34-26(24)35-29(38)31(16-7-17-31)23-10-4-3-5-11-23/h3-5,10-11,19-22H,6-9,12-18H2,1-2H3,(H,32,33,34)(H,36,37,39)/t19-,20-,21-/m1/s1. The third-order valence-corrected chi connectivity index (χ3v) is 10.0. The predicted octanol–water partition coefficient (Wildman–Crippen LogP) is 6.07. The number of hydrogen-bond donors (Lipinski definition) is 2. The molecule has 4 aromatic rings. The van der Waals surface area contributed by atoms with E-state index in [1.807, 2.05) is 0 Å². The number of H-pyrrole nitrogens is 1. The lowest BCUT2D eigenvalue weighted by Gasteiger charge is -2.42. The van der Waals surface area contributed by atoms with Gasteiger partial charge in [-0.25, -0.2) is 19.7 Å². The fraction of sp³-hybridized carbons (Fsp3) is 0.581. The van der Waals surface area contributed by atoms with Crippen molar-refractivity contribution in [1.82, 2.24) is 29.7 Å². The Labute approximate surface area is 234 Å². The minimum Gasteiger partial charge on any atom is -0.365 e. The second kappa shape index (κ2) is 10.2. The molecule has 0 saturated heterocycles. The van der Waals surface area contributed by atoms with E-state index in [0.717, 1.165) is 42.5 Å². The average Bonchev–Trinajstić information content (AvgIpc) is 3.48. The summed E-state index contributed by atoms with van der Waals surface area (Å²) < 4.78 is 7.27. The van der Waals surface area contributed by atoms with Crippen LogP contribution in [0.3, 0.4) is 0 Å². The van der Waals surface area contributed by atoms with Crippen LogP contribution in [0.5, 0.6) is 0 Å². The van der Waals surface area contributed by atoms with Gasteiger partial charge in [-0.3, -0.25) is 9.51 Å². The van der Waals surface area contributed by atoms with Crippen molar-refractivity contribution in [3.63, 3.8) is 0 Å². The van der Waals surface area contributed by atoms with Crippen LogP contribution in [-0.2, 0) is 12.0 Å². The molecule has 210 valence electrons. The van der Waals surface area contributed by atoms with Gasteiger partial charge in [0.15, 0.2) is 11.5 Å². The number of nitrogens with one attached hydrogen (secondary N) is 2. The van der Waals surface area contributed by atoms with E-state index in [1.165, 1.54) is 56.9 Å². The highest BCUT2D eigenvalue weighted by molar-refractivity contribution is 5.86. The number of rotatable bonds is 8. The molecule has 0 bridgehead atoms. The molecular formula is C31H39N7O2. The smallest absolute Gasteiger partial charge is 0.365 e. The van der Waals surface area contributed by atoms with Crippen molar-refractivity contribution in [3.8, 4) is 11.6 Å². The molecule has 0 radical (unpaired) electrons. The fourth-order valence-corrected chi connectivity index (χ4v) is 7.08. The first-order chi connectivity index (χ1) is 19.5. The van der Waals surface area contributed by atoms with Gasteiger partial charge in [-0.1, -0.05) is 68.1 Å². The van der Waals surface area contributed by atoms with Crippen LogP contribution in [-0.4, -0.2) is 35.7 Å². The summed E-state index contributed by atoms with van der Waals surface area (Å²) in [5.74, 6) is 3.82. The summed E-state index contributed by atoms with van der Waals surface area (Å²) in [6.07, 6.45) is 12.1. The molecule has 0 spiro atoms. The van der Waals surface area contributed by atoms with Gasteiger partial charge in [0.05, 0.1) is 5.41 Å². The number of imidazole rings is 1. The molecule has 0 aliphatic heterocycles. The quantitative estimate of drug-likeness (QED) is 0.278. The maximum absolute atomic E-state index is 11.8. The predicted molar refractivity (Wildman–Crippen MR) is 154 cm³/mol. The molecule has 3 aromatic heterocycles. The number of hydrogen-bond acceptors (Lipinski definition) is 7. The highest BCUT2D eigenvalue weighted by Crippen LogP contribution is 2.50.